The Labute approximate surface area is 308 Å². The minimum atomic E-state index is -1.81. The second-order valence-corrected chi connectivity index (χ2v) is 13.0. The van der Waals surface area contributed by atoms with Gasteiger partial charge in [-0.2, -0.15) is 0 Å². The van der Waals surface area contributed by atoms with Crippen LogP contribution in [0.5, 0.6) is 23.0 Å². The van der Waals surface area contributed by atoms with Crippen molar-refractivity contribution < 1.29 is 93.8 Å². The molecule has 0 amide bonds. The zero-order valence-corrected chi connectivity index (χ0v) is 29.2. The molecule has 14 atom stereocenters. The van der Waals surface area contributed by atoms with Crippen molar-refractivity contribution in [1.82, 2.24) is 0 Å². The first-order valence-electron chi connectivity index (χ1n) is 17.0. The fourth-order valence-corrected chi connectivity index (χ4v) is 6.10. The van der Waals surface area contributed by atoms with Crippen LogP contribution in [0.25, 0.3) is 6.08 Å². The molecule has 3 fully saturated rings. The van der Waals surface area contributed by atoms with E-state index in [1.54, 1.807) is 0 Å². The molecule has 3 aliphatic rings. The first-order valence-corrected chi connectivity index (χ1v) is 17.0. The van der Waals surface area contributed by atoms with Gasteiger partial charge in [0.25, 0.3) is 0 Å². The number of aromatic hydroxyl groups is 3. The summed E-state index contributed by atoms with van der Waals surface area (Å²) in [5.41, 5.74) is 0.985. The maximum atomic E-state index is 13.2. The molecule has 2 aromatic carbocycles. The van der Waals surface area contributed by atoms with Gasteiger partial charge in [-0.1, -0.05) is 12.1 Å². The Morgan fingerprint density at radius 2 is 1.52 bits per heavy atom. The van der Waals surface area contributed by atoms with Crippen LogP contribution in [0.3, 0.4) is 0 Å². The number of rotatable bonds is 13. The molecule has 0 aromatic heterocycles. The van der Waals surface area contributed by atoms with E-state index in [4.69, 9.17) is 37.9 Å². The first kappa shape index (κ1) is 41.5. The van der Waals surface area contributed by atoms with Crippen LogP contribution in [0.1, 0.15) is 18.1 Å². The second kappa shape index (κ2) is 18.3. The Morgan fingerprint density at radius 1 is 0.796 bits per heavy atom. The lowest BCUT2D eigenvalue weighted by molar-refractivity contribution is -0.381. The van der Waals surface area contributed by atoms with Crippen molar-refractivity contribution in [3.8, 4) is 23.0 Å². The number of hydrogen-bond donors (Lipinski definition) is 10. The van der Waals surface area contributed by atoms with Crippen LogP contribution in [-0.4, -0.2) is 170 Å². The van der Waals surface area contributed by atoms with E-state index < -0.39 is 105 Å². The summed E-state index contributed by atoms with van der Waals surface area (Å²) in [6.07, 6.45) is -19.9. The van der Waals surface area contributed by atoms with Gasteiger partial charge in [-0.25, -0.2) is 4.79 Å². The smallest absolute Gasteiger partial charge is 0.331 e. The summed E-state index contributed by atoms with van der Waals surface area (Å²) in [5.74, 6) is -1.67. The summed E-state index contributed by atoms with van der Waals surface area (Å²) in [6, 6.07) is 8.41. The molecule has 0 unspecified atom stereocenters. The zero-order valence-electron chi connectivity index (χ0n) is 29.2. The molecule has 0 saturated carbocycles. The molecule has 3 heterocycles. The van der Waals surface area contributed by atoms with Gasteiger partial charge in [-0.15, -0.1) is 0 Å². The number of phenolic OH excluding ortho intramolecular Hbond substituents is 3. The number of aliphatic hydroxyl groups is 7. The number of phenols is 3. The topological polar surface area (TPSA) is 293 Å². The lowest BCUT2D eigenvalue weighted by Crippen LogP contribution is -2.66. The summed E-state index contributed by atoms with van der Waals surface area (Å²) < 4.78 is 45.4. The van der Waals surface area contributed by atoms with Gasteiger partial charge in [0.15, 0.2) is 48.0 Å². The van der Waals surface area contributed by atoms with Crippen molar-refractivity contribution in [2.45, 2.75) is 99.4 Å². The quantitative estimate of drug-likeness (QED) is 0.0585. The van der Waals surface area contributed by atoms with Crippen LogP contribution in [0.2, 0.25) is 0 Å². The van der Waals surface area contributed by atoms with E-state index in [1.807, 2.05) is 0 Å². The first-order chi connectivity index (χ1) is 25.7. The van der Waals surface area contributed by atoms with Gasteiger partial charge in [-0.05, 0) is 54.8 Å². The van der Waals surface area contributed by atoms with Crippen molar-refractivity contribution in [1.29, 1.82) is 0 Å². The summed E-state index contributed by atoms with van der Waals surface area (Å²) in [7, 11) is 1.35. The Bertz CT molecular complexity index is 1570. The van der Waals surface area contributed by atoms with Gasteiger partial charge in [-0.3, -0.25) is 0 Å². The third-order valence-corrected chi connectivity index (χ3v) is 9.20. The third kappa shape index (κ3) is 9.58. The lowest BCUT2D eigenvalue weighted by Gasteiger charge is -2.48. The minimum absolute atomic E-state index is 0.126. The van der Waals surface area contributed by atoms with E-state index in [1.165, 1.54) is 56.5 Å². The van der Waals surface area contributed by atoms with E-state index in [0.717, 1.165) is 6.08 Å². The Hall–Kier alpha value is -3.67. The molecule has 10 N–H and O–H groups in total. The van der Waals surface area contributed by atoms with Crippen LogP contribution in [0.4, 0.5) is 0 Å². The number of hydrogen-bond acceptors (Lipinski definition) is 19. The molecule has 54 heavy (non-hydrogen) atoms. The number of carbonyl (C=O) groups is 1. The van der Waals surface area contributed by atoms with Crippen molar-refractivity contribution in [3.05, 3.63) is 53.6 Å². The molecule has 0 bridgehead atoms. The molecule has 300 valence electrons. The summed E-state index contributed by atoms with van der Waals surface area (Å²) >= 11 is 0. The molecule has 19 nitrogen and oxygen atoms in total. The van der Waals surface area contributed by atoms with E-state index in [-0.39, 0.29) is 36.0 Å². The van der Waals surface area contributed by atoms with E-state index in [2.05, 4.69) is 0 Å². The highest BCUT2D eigenvalue weighted by Crippen LogP contribution is 2.34. The normalized spacial score (nSPS) is 35.9. The van der Waals surface area contributed by atoms with E-state index >= 15 is 0 Å². The predicted molar refractivity (Wildman–Crippen MR) is 179 cm³/mol. The van der Waals surface area contributed by atoms with Crippen molar-refractivity contribution in [2.75, 3.05) is 26.9 Å². The van der Waals surface area contributed by atoms with Gasteiger partial charge >= 0.3 is 5.97 Å². The zero-order chi connectivity index (χ0) is 39.3. The van der Waals surface area contributed by atoms with Gasteiger partial charge in [0, 0.05) is 6.08 Å². The fourth-order valence-electron chi connectivity index (χ4n) is 6.10. The van der Waals surface area contributed by atoms with Crippen LogP contribution >= 0.6 is 0 Å². The monoisotopic (exact) mass is 770 g/mol. The highest BCUT2D eigenvalue weighted by atomic mass is 16.8. The lowest BCUT2D eigenvalue weighted by atomic mass is 9.96. The van der Waals surface area contributed by atoms with Crippen LogP contribution in [-0.2, 0) is 44.4 Å². The number of benzene rings is 2. The Morgan fingerprint density at radius 3 is 2.22 bits per heavy atom. The largest absolute Gasteiger partial charge is 0.504 e. The van der Waals surface area contributed by atoms with Crippen molar-refractivity contribution in [2.24, 2.45) is 0 Å². The molecular formula is C35H46O19. The van der Waals surface area contributed by atoms with Crippen LogP contribution < -0.4 is 4.74 Å². The SMILES string of the molecule is COc1cc(C=CC(=O)O[C@H]2[C@H](O[C@@H]3O[C@@H](C)[C@H](O)[C@@H](O)[C@H]3O[C@@H]3OC[C@H](O)[C@@H](O)[C@H]3O)[C@@H](O)[C@H](OCCc3ccc(O)c(O)c3)O[C@@H]2CO)ccc1O. The number of aliphatic hydroxyl groups excluding tert-OH is 7. The van der Waals surface area contributed by atoms with Crippen LogP contribution in [0.15, 0.2) is 42.5 Å². The Kier molecular flexibility index (Phi) is 14.1. The molecule has 0 radical (unpaired) electrons. The number of ether oxygens (including phenoxy) is 8. The van der Waals surface area contributed by atoms with Crippen molar-refractivity contribution >= 4 is 12.0 Å². The van der Waals surface area contributed by atoms with Crippen LogP contribution in [0, 0.1) is 0 Å². The van der Waals surface area contributed by atoms with Gasteiger partial charge in [0.1, 0.15) is 54.9 Å². The Balaban J connectivity index is 1.40. The molecular weight excluding hydrogens is 724 g/mol. The van der Waals surface area contributed by atoms with Gasteiger partial charge in [0.2, 0.25) is 0 Å². The number of carbonyl (C=O) groups excluding carboxylic acids is 1. The number of esters is 1. The number of methoxy groups -OCH3 is 1. The molecule has 19 heteroatoms. The molecule has 5 rings (SSSR count). The summed E-state index contributed by atoms with van der Waals surface area (Å²) in [6.45, 7) is 0.0235. The standard InChI is InChI=1S/C35H46O19/c1-15-25(42)27(44)32(54-33-28(45)26(43)21(40)14-49-33)35(50-15)53-31-29(46)34(48-10-9-17-3-6-18(37)20(39)11-17)51-23(13-36)30(31)52-24(41)8-5-16-4-7-19(38)22(12-16)47-2/h3-8,11-12,15,21,23,25-40,42-46H,9-10,13-14H2,1-2H3/t15-,21-,23+,25-,26+,27+,28+,29+,30+,31+,32+,33-,34+,35-/m0/s1. The van der Waals surface area contributed by atoms with E-state index in [0.29, 0.717) is 11.1 Å². The minimum Gasteiger partial charge on any atom is -0.504 e. The average molecular weight is 771 g/mol. The van der Waals surface area contributed by atoms with Gasteiger partial charge < -0.3 is 89.0 Å². The highest BCUT2D eigenvalue weighted by molar-refractivity contribution is 5.87. The van der Waals surface area contributed by atoms with Gasteiger partial charge in [0.05, 0.1) is 33.0 Å². The van der Waals surface area contributed by atoms with E-state index in [9.17, 15) is 55.9 Å². The molecule has 0 aliphatic carbocycles. The second-order valence-electron chi connectivity index (χ2n) is 13.0. The van der Waals surface area contributed by atoms with Crippen molar-refractivity contribution in [3.63, 3.8) is 0 Å². The molecule has 0 spiro atoms. The fraction of sp³-hybridized carbons (Fsp3) is 0.571. The highest BCUT2D eigenvalue weighted by Gasteiger charge is 2.54. The summed E-state index contributed by atoms with van der Waals surface area (Å²) in [4.78, 5) is 13.2. The predicted octanol–water partition coefficient (Wildman–Crippen LogP) is -2.25. The third-order valence-electron chi connectivity index (χ3n) is 9.20. The summed E-state index contributed by atoms with van der Waals surface area (Å²) in [5, 5.41) is 104. The maximum Gasteiger partial charge on any atom is 0.331 e. The molecule has 3 saturated heterocycles. The molecule has 3 aliphatic heterocycles. The average Bonchev–Trinajstić information content (AvgIpc) is 3.15. The molecule has 2 aromatic rings. The maximum absolute atomic E-state index is 13.2.